The van der Waals surface area contributed by atoms with Gasteiger partial charge in [-0.1, -0.05) is 18.2 Å². The molecule has 1 unspecified atom stereocenters. The van der Waals surface area contributed by atoms with E-state index in [1.165, 1.54) is 11.3 Å². The monoisotopic (exact) mass is 243 g/mol. The Kier molecular flexibility index (Phi) is 4.53. The fourth-order valence-corrected chi connectivity index (χ4v) is 2.14. The molecule has 2 aliphatic rings. The zero-order valence-corrected chi connectivity index (χ0v) is 11.1. The molecule has 0 spiro atoms. The van der Waals surface area contributed by atoms with Crippen LogP contribution in [0.3, 0.4) is 0 Å². The molecular weight excluding hydrogens is 222 g/mol. The number of nitrogens with one attached hydrogen (secondary N) is 2. The lowest BCUT2D eigenvalue weighted by atomic mass is 9.98. The van der Waals surface area contributed by atoms with Gasteiger partial charge in [-0.25, -0.2) is 0 Å². The van der Waals surface area contributed by atoms with Crippen LogP contribution in [0.1, 0.15) is 13.3 Å². The van der Waals surface area contributed by atoms with Crippen LogP contribution in [0.5, 0.6) is 0 Å². The zero-order chi connectivity index (χ0) is 12.8. The average molecular weight is 243 g/mol. The Labute approximate surface area is 109 Å². The molecule has 1 aliphatic carbocycles. The summed E-state index contributed by atoms with van der Waals surface area (Å²) in [5.74, 6) is 0.276. The summed E-state index contributed by atoms with van der Waals surface area (Å²) in [6.07, 6.45) is 13.7. The van der Waals surface area contributed by atoms with E-state index < -0.39 is 0 Å². The summed E-state index contributed by atoms with van der Waals surface area (Å²) in [4.78, 5) is 4.47. The van der Waals surface area contributed by atoms with E-state index >= 15 is 0 Å². The van der Waals surface area contributed by atoms with Crippen LogP contribution in [0.15, 0.2) is 52.3 Å². The van der Waals surface area contributed by atoms with Crippen molar-refractivity contribution >= 4 is 6.21 Å². The second-order valence-electron chi connectivity index (χ2n) is 4.63. The van der Waals surface area contributed by atoms with Crippen LogP contribution in [0.2, 0.25) is 0 Å². The zero-order valence-electron chi connectivity index (χ0n) is 11.1. The van der Waals surface area contributed by atoms with Gasteiger partial charge in [0.2, 0.25) is 0 Å². The molecule has 3 nitrogen and oxygen atoms in total. The van der Waals surface area contributed by atoms with Crippen molar-refractivity contribution in [2.24, 2.45) is 10.9 Å². The maximum Gasteiger partial charge on any atom is 0.0594 e. The molecule has 0 saturated heterocycles. The fraction of sp³-hybridized carbons (Fsp3) is 0.400. The van der Waals surface area contributed by atoms with Gasteiger partial charge in [0, 0.05) is 18.5 Å². The van der Waals surface area contributed by atoms with E-state index in [2.05, 4.69) is 52.9 Å². The van der Waals surface area contributed by atoms with Crippen LogP contribution in [0.4, 0.5) is 0 Å². The third kappa shape index (κ3) is 3.20. The van der Waals surface area contributed by atoms with Gasteiger partial charge in [0.05, 0.1) is 11.6 Å². The van der Waals surface area contributed by atoms with Crippen molar-refractivity contribution in [1.29, 1.82) is 0 Å². The minimum absolute atomic E-state index is 0.276. The van der Waals surface area contributed by atoms with E-state index in [1.807, 2.05) is 13.3 Å². The molecule has 96 valence electrons. The predicted molar refractivity (Wildman–Crippen MR) is 77.6 cm³/mol. The van der Waals surface area contributed by atoms with E-state index in [-0.39, 0.29) is 5.92 Å². The van der Waals surface area contributed by atoms with E-state index in [0.717, 1.165) is 25.2 Å². The highest BCUT2D eigenvalue weighted by molar-refractivity contribution is 5.76. The number of nitrogens with zero attached hydrogens (tertiary/aromatic N) is 1. The molecule has 2 rings (SSSR count). The molecule has 0 fully saturated rings. The van der Waals surface area contributed by atoms with E-state index in [0.29, 0.717) is 0 Å². The van der Waals surface area contributed by atoms with Gasteiger partial charge in [-0.3, -0.25) is 4.99 Å². The van der Waals surface area contributed by atoms with E-state index in [1.54, 1.807) is 0 Å². The summed E-state index contributed by atoms with van der Waals surface area (Å²) < 4.78 is 0. The Morgan fingerprint density at radius 1 is 1.28 bits per heavy atom. The molecule has 0 aromatic heterocycles. The van der Waals surface area contributed by atoms with E-state index in [4.69, 9.17) is 0 Å². The number of fused-ring (bicyclic) bond motifs is 1. The van der Waals surface area contributed by atoms with Crippen molar-refractivity contribution < 1.29 is 0 Å². The van der Waals surface area contributed by atoms with Crippen molar-refractivity contribution in [3.05, 3.63) is 47.3 Å². The lowest BCUT2D eigenvalue weighted by Gasteiger charge is -2.21. The molecule has 0 radical (unpaired) electrons. The summed E-state index contributed by atoms with van der Waals surface area (Å²) in [5.41, 5.74) is 3.61. The van der Waals surface area contributed by atoms with E-state index in [9.17, 15) is 0 Å². The first-order valence-electron chi connectivity index (χ1n) is 6.50. The largest absolute Gasteiger partial charge is 0.387 e. The number of rotatable bonds is 5. The molecule has 0 bridgehead atoms. The maximum atomic E-state index is 4.47. The normalized spacial score (nSPS) is 21.7. The first kappa shape index (κ1) is 12.8. The fourth-order valence-electron chi connectivity index (χ4n) is 2.14. The lowest BCUT2D eigenvalue weighted by Crippen LogP contribution is -2.25. The average Bonchev–Trinajstić information content (AvgIpc) is 2.55. The van der Waals surface area contributed by atoms with Crippen molar-refractivity contribution in [3.8, 4) is 0 Å². The molecule has 0 amide bonds. The third-order valence-corrected chi connectivity index (χ3v) is 3.10. The van der Waals surface area contributed by atoms with Gasteiger partial charge < -0.3 is 10.6 Å². The molecule has 1 atom stereocenters. The highest BCUT2D eigenvalue weighted by Crippen LogP contribution is 2.27. The van der Waals surface area contributed by atoms with Gasteiger partial charge >= 0.3 is 0 Å². The Morgan fingerprint density at radius 2 is 2.17 bits per heavy atom. The standard InChI is InChI=1S/C15H21N3/c1-12-5-3-6-13-14(17-9-4-8-16-2)7-10-18-15(13)11-12/h3,5-7,10-11,13,16-17H,4,8-9H2,1-2H3. The highest BCUT2D eigenvalue weighted by atomic mass is 14.9. The Balaban J connectivity index is 2.02. The summed E-state index contributed by atoms with van der Waals surface area (Å²) in [7, 11) is 1.98. The highest BCUT2D eigenvalue weighted by Gasteiger charge is 2.19. The summed E-state index contributed by atoms with van der Waals surface area (Å²) in [5, 5.41) is 6.67. The Hall–Kier alpha value is -1.61. The smallest absolute Gasteiger partial charge is 0.0594 e. The molecule has 18 heavy (non-hydrogen) atoms. The van der Waals surface area contributed by atoms with Crippen molar-refractivity contribution in [2.45, 2.75) is 13.3 Å². The number of hydrogen-bond acceptors (Lipinski definition) is 3. The summed E-state index contributed by atoms with van der Waals surface area (Å²) in [6.45, 7) is 4.14. The topological polar surface area (TPSA) is 36.4 Å². The van der Waals surface area contributed by atoms with Crippen LogP contribution < -0.4 is 10.6 Å². The quantitative estimate of drug-likeness (QED) is 0.726. The molecule has 1 aliphatic heterocycles. The van der Waals surface area contributed by atoms with Crippen LogP contribution in [-0.4, -0.2) is 26.4 Å². The number of aliphatic imine (C=N–C) groups is 1. The Morgan fingerprint density at radius 3 is 3.00 bits per heavy atom. The maximum absolute atomic E-state index is 4.47. The second kappa shape index (κ2) is 6.36. The molecule has 2 N–H and O–H groups in total. The first-order chi connectivity index (χ1) is 8.81. The summed E-state index contributed by atoms with van der Waals surface area (Å²) in [6, 6.07) is 0. The van der Waals surface area contributed by atoms with Gasteiger partial charge in [-0.15, -0.1) is 0 Å². The van der Waals surface area contributed by atoms with Gasteiger partial charge in [0.25, 0.3) is 0 Å². The molecule has 3 heteroatoms. The predicted octanol–water partition coefficient (Wildman–Crippen LogP) is 2.17. The van der Waals surface area contributed by atoms with Gasteiger partial charge in [0.15, 0.2) is 0 Å². The van der Waals surface area contributed by atoms with Gasteiger partial charge in [-0.2, -0.15) is 0 Å². The van der Waals surface area contributed by atoms with Crippen LogP contribution in [0.25, 0.3) is 0 Å². The van der Waals surface area contributed by atoms with Crippen LogP contribution in [-0.2, 0) is 0 Å². The van der Waals surface area contributed by atoms with Gasteiger partial charge in [-0.05, 0) is 44.7 Å². The number of allylic oxidation sites excluding steroid dienone is 5. The second-order valence-corrected chi connectivity index (χ2v) is 4.63. The number of dihydropyridines is 1. The molecule has 0 aromatic rings. The SMILES string of the molecule is CNCCCNC1=CC=NC2=CC(C)=CC=CC21. The van der Waals surface area contributed by atoms with Gasteiger partial charge in [0.1, 0.15) is 0 Å². The molecule has 0 saturated carbocycles. The lowest BCUT2D eigenvalue weighted by molar-refractivity contribution is 0.643. The number of hydrogen-bond donors (Lipinski definition) is 2. The molecule has 1 heterocycles. The molecular formula is C15H21N3. The van der Waals surface area contributed by atoms with Crippen LogP contribution in [0, 0.1) is 5.92 Å². The molecule has 0 aromatic carbocycles. The summed E-state index contributed by atoms with van der Waals surface area (Å²) >= 11 is 0. The first-order valence-corrected chi connectivity index (χ1v) is 6.50. The minimum atomic E-state index is 0.276. The van der Waals surface area contributed by atoms with Crippen LogP contribution >= 0.6 is 0 Å². The minimum Gasteiger partial charge on any atom is -0.387 e. The van der Waals surface area contributed by atoms with Crippen molar-refractivity contribution in [3.63, 3.8) is 0 Å². The third-order valence-electron chi connectivity index (χ3n) is 3.10. The van der Waals surface area contributed by atoms with Crippen molar-refractivity contribution in [1.82, 2.24) is 10.6 Å². The Bertz CT molecular complexity index is 439. The van der Waals surface area contributed by atoms with Crippen molar-refractivity contribution in [2.75, 3.05) is 20.1 Å².